The number of sulfonamides is 1. The molecule has 6 heteroatoms. The minimum Gasteiger partial charge on any atom is -0.345 e. The number of benzene rings is 3. The molecule has 31 heavy (non-hydrogen) atoms. The van der Waals surface area contributed by atoms with Crippen LogP contribution in [0.15, 0.2) is 95.9 Å². The van der Waals surface area contributed by atoms with Gasteiger partial charge in [-0.15, -0.1) is 0 Å². The van der Waals surface area contributed by atoms with Crippen molar-refractivity contribution in [3.63, 3.8) is 0 Å². The van der Waals surface area contributed by atoms with Crippen molar-refractivity contribution in [1.82, 2.24) is 9.62 Å². The number of nitrogens with zero attached hydrogens (tertiary/aromatic N) is 1. The van der Waals surface area contributed by atoms with Gasteiger partial charge < -0.3 is 5.32 Å². The molecule has 1 amide bonds. The molecule has 3 aromatic carbocycles. The maximum Gasteiger partial charge on any atom is 0.243 e. The van der Waals surface area contributed by atoms with Gasteiger partial charge >= 0.3 is 0 Å². The summed E-state index contributed by atoms with van der Waals surface area (Å²) in [7, 11) is -3.52. The van der Waals surface area contributed by atoms with Crippen LogP contribution in [0.2, 0.25) is 0 Å². The zero-order chi connectivity index (χ0) is 21.7. The number of amides is 1. The van der Waals surface area contributed by atoms with Crippen molar-refractivity contribution < 1.29 is 13.2 Å². The monoisotopic (exact) mass is 434 g/mol. The second kappa shape index (κ2) is 9.45. The van der Waals surface area contributed by atoms with Crippen LogP contribution in [-0.2, 0) is 14.8 Å². The third kappa shape index (κ3) is 4.86. The molecular formula is C25H26N2O3S. The fourth-order valence-corrected chi connectivity index (χ4v) is 5.50. The molecule has 0 aliphatic carbocycles. The van der Waals surface area contributed by atoms with Gasteiger partial charge in [0.2, 0.25) is 15.9 Å². The molecule has 3 aromatic rings. The Kier molecular flexibility index (Phi) is 6.49. The number of hydrogen-bond acceptors (Lipinski definition) is 3. The summed E-state index contributed by atoms with van der Waals surface area (Å²) in [5.74, 6) is -0.244. The number of carbonyl (C=O) groups excluding carboxylic acids is 1. The van der Waals surface area contributed by atoms with Crippen molar-refractivity contribution in [2.24, 2.45) is 5.92 Å². The Morgan fingerprint density at radius 3 is 1.71 bits per heavy atom. The van der Waals surface area contributed by atoms with Crippen LogP contribution in [-0.4, -0.2) is 31.7 Å². The molecule has 0 spiro atoms. The quantitative estimate of drug-likeness (QED) is 0.638. The van der Waals surface area contributed by atoms with E-state index >= 15 is 0 Å². The fourth-order valence-electron chi connectivity index (χ4n) is 4.01. The summed E-state index contributed by atoms with van der Waals surface area (Å²) in [4.78, 5) is 13.4. The lowest BCUT2D eigenvalue weighted by molar-refractivity contribution is -0.126. The van der Waals surface area contributed by atoms with Crippen LogP contribution in [0.1, 0.15) is 30.0 Å². The molecular weight excluding hydrogens is 408 g/mol. The topological polar surface area (TPSA) is 66.5 Å². The van der Waals surface area contributed by atoms with E-state index in [0.29, 0.717) is 30.8 Å². The number of piperidine rings is 1. The van der Waals surface area contributed by atoms with E-state index in [1.165, 1.54) is 4.31 Å². The van der Waals surface area contributed by atoms with E-state index in [-0.39, 0.29) is 17.9 Å². The maximum atomic E-state index is 13.1. The lowest BCUT2D eigenvalue weighted by Crippen LogP contribution is -2.43. The summed E-state index contributed by atoms with van der Waals surface area (Å²) in [6.45, 7) is 0.688. The summed E-state index contributed by atoms with van der Waals surface area (Å²) in [6, 6.07) is 28.0. The Bertz CT molecular complexity index is 1060. The normalized spacial score (nSPS) is 15.6. The van der Waals surface area contributed by atoms with E-state index in [1.807, 2.05) is 60.7 Å². The van der Waals surface area contributed by atoms with Gasteiger partial charge in [-0.2, -0.15) is 4.31 Å². The SMILES string of the molecule is O=C(NC(c1ccccc1)c1ccccc1)C1CCN(S(=O)(=O)c2ccccc2)CC1. The average molecular weight is 435 g/mol. The van der Waals surface area contributed by atoms with Gasteiger partial charge in [0.1, 0.15) is 0 Å². The summed E-state index contributed by atoms with van der Waals surface area (Å²) in [5, 5.41) is 3.20. The van der Waals surface area contributed by atoms with Gasteiger partial charge in [-0.25, -0.2) is 8.42 Å². The smallest absolute Gasteiger partial charge is 0.243 e. The van der Waals surface area contributed by atoms with Crippen LogP contribution in [0.5, 0.6) is 0 Å². The van der Waals surface area contributed by atoms with E-state index < -0.39 is 10.0 Å². The molecule has 0 bridgehead atoms. The van der Waals surface area contributed by atoms with Gasteiger partial charge in [0.25, 0.3) is 0 Å². The fraction of sp³-hybridized carbons (Fsp3) is 0.240. The predicted molar refractivity (Wildman–Crippen MR) is 121 cm³/mol. The molecule has 0 radical (unpaired) electrons. The summed E-state index contributed by atoms with van der Waals surface area (Å²) in [5.41, 5.74) is 2.04. The zero-order valence-electron chi connectivity index (χ0n) is 17.2. The third-order valence-electron chi connectivity index (χ3n) is 5.76. The van der Waals surface area contributed by atoms with E-state index in [0.717, 1.165) is 11.1 Å². The lowest BCUT2D eigenvalue weighted by Gasteiger charge is -2.31. The molecule has 1 heterocycles. The maximum absolute atomic E-state index is 13.1. The number of carbonyl (C=O) groups is 1. The van der Waals surface area contributed by atoms with E-state index in [4.69, 9.17) is 0 Å². The Balaban J connectivity index is 1.44. The van der Waals surface area contributed by atoms with Gasteiger partial charge in [-0.05, 0) is 36.1 Å². The lowest BCUT2D eigenvalue weighted by atomic mass is 9.94. The third-order valence-corrected chi connectivity index (χ3v) is 7.67. The van der Waals surface area contributed by atoms with Crippen LogP contribution < -0.4 is 5.32 Å². The molecule has 0 atom stereocenters. The van der Waals surface area contributed by atoms with Crippen molar-refractivity contribution in [2.75, 3.05) is 13.1 Å². The molecule has 1 N–H and O–H groups in total. The van der Waals surface area contributed by atoms with Crippen molar-refractivity contribution in [1.29, 1.82) is 0 Å². The molecule has 1 fully saturated rings. The van der Waals surface area contributed by atoms with E-state index in [1.54, 1.807) is 30.3 Å². The van der Waals surface area contributed by atoms with E-state index in [2.05, 4.69) is 5.32 Å². The van der Waals surface area contributed by atoms with Gasteiger partial charge in [-0.3, -0.25) is 4.79 Å². The highest BCUT2D eigenvalue weighted by atomic mass is 32.2. The minimum absolute atomic E-state index is 0.0329. The summed E-state index contributed by atoms with van der Waals surface area (Å²) in [6.07, 6.45) is 1.02. The van der Waals surface area contributed by atoms with Gasteiger partial charge in [-0.1, -0.05) is 78.9 Å². The van der Waals surface area contributed by atoms with Crippen molar-refractivity contribution >= 4 is 15.9 Å². The Hall–Kier alpha value is -2.96. The van der Waals surface area contributed by atoms with Crippen molar-refractivity contribution in [2.45, 2.75) is 23.8 Å². The number of nitrogens with one attached hydrogen (secondary N) is 1. The van der Waals surface area contributed by atoms with Crippen molar-refractivity contribution in [3.8, 4) is 0 Å². The highest BCUT2D eigenvalue weighted by molar-refractivity contribution is 7.89. The first-order valence-electron chi connectivity index (χ1n) is 10.5. The van der Waals surface area contributed by atoms with Gasteiger partial charge in [0.15, 0.2) is 0 Å². The van der Waals surface area contributed by atoms with Gasteiger partial charge in [0, 0.05) is 19.0 Å². The Labute approximate surface area is 183 Å². The molecule has 4 rings (SSSR count). The summed E-state index contributed by atoms with van der Waals surface area (Å²) >= 11 is 0. The van der Waals surface area contributed by atoms with Crippen LogP contribution in [0.3, 0.4) is 0 Å². The first kappa shape index (κ1) is 21.3. The van der Waals surface area contributed by atoms with Crippen LogP contribution >= 0.6 is 0 Å². The van der Waals surface area contributed by atoms with Crippen LogP contribution in [0, 0.1) is 5.92 Å². The first-order valence-corrected chi connectivity index (χ1v) is 11.9. The average Bonchev–Trinajstić information content (AvgIpc) is 2.84. The highest BCUT2D eigenvalue weighted by Crippen LogP contribution is 2.26. The predicted octanol–water partition coefficient (Wildman–Crippen LogP) is 3.99. The molecule has 1 saturated heterocycles. The minimum atomic E-state index is -3.52. The molecule has 0 aromatic heterocycles. The van der Waals surface area contributed by atoms with Crippen LogP contribution in [0.25, 0.3) is 0 Å². The van der Waals surface area contributed by atoms with Gasteiger partial charge in [0.05, 0.1) is 10.9 Å². The number of rotatable bonds is 6. The Morgan fingerprint density at radius 1 is 0.774 bits per heavy atom. The standard InChI is InChI=1S/C25H26N2O3S/c28-25(26-24(20-10-4-1-5-11-20)21-12-6-2-7-13-21)22-16-18-27(19-17-22)31(29,30)23-14-8-3-9-15-23/h1-15,22,24H,16-19H2,(H,26,28). The zero-order valence-corrected chi connectivity index (χ0v) is 18.0. The second-order valence-electron chi connectivity index (χ2n) is 7.75. The molecule has 0 unspecified atom stereocenters. The molecule has 0 saturated carbocycles. The molecule has 5 nitrogen and oxygen atoms in total. The number of hydrogen-bond donors (Lipinski definition) is 1. The molecule has 160 valence electrons. The molecule has 1 aliphatic heterocycles. The Morgan fingerprint density at radius 2 is 1.23 bits per heavy atom. The van der Waals surface area contributed by atoms with Crippen LogP contribution in [0.4, 0.5) is 0 Å². The largest absolute Gasteiger partial charge is 0.345 e. The summed E-state index contributed by atoms with van der Waals surface area (Å²) < 4.78 is 27.2. The second-order valence-corrected chi connectivity index (χ2v) is 9.69. The van der Waals surface area contributed by atoms with E-state index in [9.17, 15) is 13.2 Å². The van der Waals surface area contributed by atoms with Crippen molar-refractivity contribution in [3.05, 3.63) is 102 Å². The first-order chi connectivity index (χ1) is 15.1. The molecule has 1 aliphatic rings. The highest BCUT2D eigenvalue weighted by Gasteiger charge is 2.32.